The molecule has 0 aliphatic rings. The number of carboxylic acid groups (broad SMARTS) is 1. The lowest BCUT2D eigenvalue weighted by molar-refractivity contribution is 0.0698. The van der Waals surface area contributed by atoms with Gasteiger partial charge < -0.3 is 10.0 Å². The van der Waals surface area contributed by atoms with E-state index in [9.17, 15) is 18.3 Å². The van der Waals surface area contributed by atoms with Gasteiger partial charge in [0.05, 0.1) is 16.1 Å². The first-order valence-corrected chi connectivity index (χ1v) is 10.3. The Labute approximate surface area is 160 Å². The van der Waals surface area contributed by atoms with Crippen LogP contribution in [0, 0.1) is 13.8 Å². The first kappa shape index (κ1) is 20.8. The van der Waals surface area contributed by atoms with E-state index in [4.69, 9.17) is 0 Å². The second-order valence-corrected chi connectivity index (χ2v) is 8.34. The molecule has 7 heteroatoms. The molecule has 0 heterocycles. The minimum Gasteiger partial charge on any atom is -0.478 e. The Morgan fingerprint density at radius 3 is 2.48 bits per heavy atom. The van der Waals surface area contributed by atoms with Crippen LogP contribution in [0.5, 0.6) is 0 Å². The SMILES string of the molecule is CCCCN(C)c1ccc(NS(=O)(=O)c2cc(C)ccc2C)c(C(=O)O)c1. The molecule has 2 aromatic rings. The molecule has 27 heavy (non-hydrogen) atoms. The summed E-state index contributed by atoms with van der Waals surface area (Å²) < 4.78 is 28.0. The summed E-state index contributed by atoms with van der Waals surface area (Å²) >= 11 is 0. The minimum atomic E-state index is -3.90. The molecule has 0 saturated heterocycles. The van der Waals surface area contributed by atoms with E-state index < -0.39 is 16.0 Å². The van der Waals surface area contributed by atoms with Gasteiger partial charge in [-0.1, -0.05) is 25.5 Å². The highest BCUT2D eigenvalue weighted by Gasteiger charge is 2.21. The molecule has 2 rings (SSSR count). The Kier molecular flexibility index (Phi) is 6.49. The Balaban J connectivity index is 2.40. The maximum absolute atomic E-state index is 12.8. The van der Waals surface area contributed by atoms with E-state index in [0.717, 1.165) is 30.6 Å². The van der Waals surface area contributed by atoms with Gasteiger partial charge in [0, 0.05) is 19.3 Å². The van der Waals surface area contributed by atoms with Gasteiger partial charge in [-0.2, -0.15) is 0 Å². The van der Waals surface area contributed by atoms with Crippen molar-refractivity contribution in [3.63, 3.8) is 0 Å². The van der Waals surface area contributed by atoms with Crippen LogP contribution in [0.15, 0.2) is 41.3 Å². The molecule has 6 nitrogen and oxygen atoms in total. The number of hydrogen-bond donors (Lipinski definition) is 2. The van der Waals surface area contributed by atoms with Crippen LogP contribution < -0.4 is 9.62 Å². The summed E-state index contributed by atoms with van der Waals surface area (Å²) in [6.45, 7) is 6.39. The van der Waals surface area contributed by atoms with Crippen molar-refractivity contribution in [1.82, 2.24) is 0 Å². The largest absolute Gasteiger partial charge is 0.478 e. The highest BCUT2D eigenvalue weighted by Crippen LogP contribution is 2.27. The summed E-state index contributed by atoms with van der Waals surface area (Å²) in [5.41, 5.74) is 2.12. The number of rotatable bonds is 8. The number of unbranched alkanes of at least 4 members (excludes halogenated alkanes) is 1. The molecule has 0 unspecified atom stereocenters. The van der Waals surface area contributed by atoms with Gasteiger partial charge in [0.1, 0.15) is 0 Å². The lowest BCUT2D eigenvalue weighted by atomic mass is 10.1. The van der Waals surface area contributed by atoms with Crippen molar-refractivity contribution < 1.29 is 18.3 Å². The fourth-order valence-electron chi connectivity index (χ4n) is 2.76. The second kappa shape index (κ2) is 8.43. The maximum atomic E-state index is 12.8. The average Bonchev–Trinajstić information content (AvgIpc) is 2.61. The number of nitrogens with zero attached hydrogens (tertiary/aromatic N) is 1. The van der Waals surface area contributed by atoms with Crippen molar-refractivity contribution in [2.45, 2.75) is 38.5 Å². The molecule has 146 valence electrons. The number of carboxylic acids is 1. The van der Waals surface area contributed by atoms with Gasteiger partial charge in [0.15, 0.2) is 0 Å². The standard InChI is InChI=1S/C20H26N2O4S/c1-5-6-11-22(4)16-9-10-18(17(13-16)20(23)24)21-27(25,26)19-12-14(2)7-8-15(19)3/h7-10,12-13,21H,5-6,11H2,1-4H3,(H,23,24). The average molecular weight is 391 g/mol. The number of hydrogen-bond acceptors (Lipinski definition) is 4. The number of aryl methyl sites for hydroxylation is 2. The van der Waals surface area contributed by atoms with Gasteiger partial charge in [0.2, 0.25) is 0 Å². The summed E-state index contributed by atoms with van der Waals surface area (Å²) in [4.78, 5) is 13.8. The molecular formula is C20H26N2O4S. The number of carbonyl (C=O) groups is 1. The first-order chi connectivity index (χ1) is 12.7. The van der Waals surface area contributed by atoms with Crippen LogP contribution >= 0.6 is 0 Å². The molecule has 0 aliphatic carbocycles. The fourth-order valence-corrected chi connectivity index (χ4v) is 4.17. The summed E-state index contributed by atoms with van der Waals surface area (Å²) in [7, 11) is -2.01. The van der Waals surface area contributed by atoms with Gasteiger partial charge in [-0.25, -0.2) is 13.2 Å². The van der Waals surface area contributed by atoms with Gasteiger partial charge >= 0.3 is 5.97 Å². The van der Waals surface area contributed by atoms with Crippen LogP contribution in [0.4, 0.5) is 11.4 Å². The third-order valence-electron chi connectivity index (χ3n) is 4.40. The predicted octanol–water partition coefficient (Wildman–Crippen LogP) is 4.04. The van der Waals surface area contributed by atoms with Gasteiger partial charge in [-0.3, -0.25) is 4.72 Å². The Morgan fingerprint density at radius 1 is 1.15 bits per heavy atom. The third-order valence-corrected chi connectivity index (χ3v) is 5.91. The molecule has 0 fully saturated rings. The van der Waals surface area contributed by atoms with Gasteiger partial charge in [0.25, 0.3) is 10.0 Å². The molecule has 0 radical (unpaired) electrons. The quantitative estimate of drug-likeness (QED) is 0.710. The van der Waals surface area contributed by atoms with Crippen molar-refractivity contribution >= 4 is 27.4 Å². The van der Waals surface area contributed by atoms with Crippen molar-refractivity contribution in [2.24, 2.45) is 0 Å². The molecule has 0 atom stereocenters. The van der Waals surface area contributed by atoms with Crippen LogP contribution in [-0.4, -0.2) is 33.1 Å². The Hall–Kier alpha value is -2.54. The molecule has 0 amide bonds. The van der Waals surface area contributed by atoms with E-state index in [-0.39, 0.29) is 16.1 Å². The third kappa shape index (κ3) is 5.01. The Bertz CT molecular complexity index is 939. The van der Waals surface area contributed by atoms with Crippen LogP contribution in [0.2, 0.25) is 0 Å². The minimum absolute atomic E-state index is 0.0519. The number of aromatic carboxylic acids is 1. The summed E-state index contributed by atoms with van der Waals surface area (Å²) in [6.07, 6.45) is 2.02. The van der Waals surface area contributed by atoms with Gasteiger partial charge in [-0.05, 0) is 55.7 Å². The van der Waals surface area contributed by atoms with Crippen LogP contribution in [-0.2, 0) is 10.0 Å². The summed E-state index contributed by atoms with van der Waals surface area (Å²) in [6, 6.07) is 9.86. The zero-order chi connectivity index (χ0) is 20.2. The predicted molar refractivity (Wildman–Crippen MR) is 108 cm³/mol. The van der Waals surface area contributed by atoms with E-state index in [0.29, 0.717) is 5.56 Å². The molecule has 0 aromatic heterocycles. The van der Waals surface area contributed by atoms with Crippen molar-refractivity contribution in [3.8, 4) is 0 Å². The van der Waals surface area contributed by atoms with Gasteiger partial charge in [-0.15, -0.1) is 0 Å². The van der Waals surface area contributed by atoms with E-state index in [1.54, 1.807) is 25.1 Å². The fraction of sp³-hybridized carbons (Fsp3) is 0.350. The Morgan fingerprint density at radius 2 is 1.85 bits per heavy atom. The number of anilines is 2. The second-order valence-electron chi connectivity index (χ2n) is 6.68. The smallest absolute Gasteiger partial charge is 0.337 e. The zero-order valence-electron chi connectivity index (χ0n) is 16.1. The van der Waals surface area contributed by atoms with Crippen molar-refractivity contribution in [1.29, 1.82) is 0 Å². The number of sulfonamides is 1. The molecule has 2 aromatic carbocycles. The van der Waals surface area contributed by atoms with Crippen LogP contribution in [0.3, 0.4) is 0 Å². The molecule has 0 aliphatic heterocycles. The molecule has 2 N–H and O–H groups in total. The molecular weight excluding hydrogens is 364 g/mol. The van der Waals surface area contributed by atoms with E-state index in [2.05, 4.69) is 11.6 Å². The lowest BCUT2D eigenvalue weighted by Gasteiger charge is -2.20. The summed E-state index contributed by atoms with van der Waals surface area (Å²) in [5, 5.41) is 9.56. The van der Waals surface area contributed by atoms with Crippen molar-refractivity contribution in [3.05, 3.63) is 53.1 Å². The monoisotopic (exact) mass is 390 g/mol. The van der Waals surface area contributed by atoms with Crippen LogP contribution in [0.25, 0.3) is 0 Å². The van der Waals surface area contributed by atoms with Crippen LogP contribution in [0.1, 0.15) is 41.3 Å². The van der Waals surface area contributed by atoms with E-state index >= 15 is 0 Å². The number of nitrogens with one attached hydrogen (secondary N) is 1. The van der Waals surface area contributed by atoms with Crippen molar-refractivity contribution in [2.75, 3.05) is 23.2 Å². The first-order valence-electron chi connectivity index (χ1n) is 8.84. The maximum Gasteiger partial charge on any atom is 0.337 e. The normalized spacial score (nSPS) is 11.3. The summed E-state index contributed by atoms with van der Waals surface area (Å²) in [5.74, 6) is -1.18. The highest BCUT2D eigenvalue weighted by atomic mass is 32.2. The van der Waals surface area contributed by atoms with E-state index in [1.807, 2.05) is 24.9 Å². The molecule has 0 bridgehead atoms. The molecule has 0 spiro atoms. The van der Waals surface area contributed by atoms with E-state index in [1.165, 1.54) is 12.1 Å². The zero-order valence-corrected chi connectivity index (χ0v) is 16.9. The molecule has 0 saturated carbocycles. The topological polar surface area (TPSA) is 86.7 Å². The lowest BCUT2D eigenvalue weighted by Crippen LogP contribution is -2.20. The number of benzene rings is 2. The highest BCUT2D eigenvalue weighted by molar-refractivity contribution is 7.92.